The summed E-state index contributed by atoms with van der Waals surface area (Å²) in [5.41, 5.74) is -0.137. The second-order valence-electron chi connectivity index (χ2n) is 4.81. The van der Waals surface area contributed by atoms with Crippen LogP contribution in [-0.2, 0) is 19.6 Å². The van der Waals surface area contributed by atoms with E-state index in [9.17, 15) is 13.2 Å². The lowest BCUT2D eigenvalue weighted by Crippen LogP contribution is -2.44. The van der Waals surface area contributed by atoms with Crippen LogP contribution in [0.3, 0.4) is 0 Å². The smallest absolute Gasteiger partial charge is 0.333 e. The first kappa shape index (κ1) is 17.1. The van der Waals surface area contributed by atoms with Crippen LogP contribution in [0.2, 0.25) is 0 Å². The fourth-order valence-electron chi connectivity index (χ4n) is 1.10. The molecule has 0 aromatic carbocycles. The highest BCUT2D eigenvalue weighted by Crippen LogP contribution is 2.05. The zero-order chi connectivity index (χ0) is 14.4. The molecule has 106 valence electrons. The Bertz CT molecular complexity index is 400. The van der Waals surface area contributed by atoms with E-state index in [1.807, 2.05) is 13.8 Å². The molecule has 0 atom stereocenters. The van der Waals surface area contributed by atoms with Gasteiger partial charge in [-0.3, -0.25) is 4.55 Å². The summed E-state index contributed by atoms with van der Waals surface area (Å²) in [6.45, 7) is 9.24. The van der Waals surface area contributed by atoms with Crippen molar-refractivity contribution < 1.29 is 22.5 Å². The van der Waals surface area contributed by atoms with Crippen molar-refractivity contribution in [2.45, 2.75) is 32.7 Å². The van der Waals surface area contributed by atoms with Crippen LogP contribution in [-0.4, -0.2) is 43.4 Å². The van der Waals surface area contributed by atoms with E-state index in [0.717, 1.165) is 0 Å². The number of hydrogen-bond acceptors (Lipinski definition) is 5. The molecule has 2 N–H and O–H groups in total. The number of ether oxygens (including phenoxy) is 1. The van der Waals surface area contributed by atoms with Crippen LogP contribution in [0.25, 0.3) is 0 Å². The predicted octanol–water partition coefficient (Wildman–Crippen LogP) is 0.752. The molecule has 6 nitrogen and oxygen atoms in total. The third kappa shape index (κ3) is 9.15. The summed E-state index contributed by atoms with van der Waals surface area (Å²) in [6, 6.07) is 0. The van der Waals surface area contributed by atoms with Gasteiger partial charge in [-0.2, -0.15) is 8.42 Å². The Morgan fingerprint density at radius 3 is 2.44 bits per heavy atom. The molecule has 0 saturated carbocycles. The number of esters is 1. The summed E-state index contributed by atoms with van der Waals surface area (Å²) in [4.78, 5) is 11.2. The van der Waals surface area contributed by atoms with Crippen LogP contribution < -0.4 is 5.32 Å². The zero-order valence-electron chi connectivity index (χ0n) is 11.0. The van der Waals surface area contributed by atoms with Gasteiger partial charge in [0.2, 0.25) is 0 Å². The Morgan fingerprint density at radius 1 is 1.44 bits per heavy atom. The van der Waals surface area contributed by atoms with Crippen molar-refractivity contribution in [1.29, 1.82) is 0 Å². The molecular formula is C11H21NO5S. The monoisotopic (exact) mass is 279 g/mol. The second-order valence-corrected chi connectivity index (χ2v) is 6.38. The molecule has 0 aromatic rings. The highest BCUT2D eigenvalue weighted by Gasteiger charge is 2.19. The average Bonchev–Trinajstić information content (AvgIpc) is 2.20. The normalized spacial score (nSPS) is 12.2. The Balaban J connectivity index is 3.94. The highest BCUT2D eigenvalue weighted by atomic mass is 32.2. The first-order valence-electron chi connectivity index (χ1n) is 5.56. The fraction of sp³-hybridized carbons (Fsp3) is 0.727. The molecule has 0 aliphatic carbocycles. The summed E-state index contributed by atoms with van der Waals surface area (Å²) < 4.78 is 34.5. The number of rotatable bonds is 8. The highest BCUT2D eigenvalue weighted by molar-refractivity contribution is 7.85. The molecular weight excluding hydrogens is 258 g/mol. The summed E-state index contributed by atoms with van der Waals surface area (Å²) in [5.74, 6) is -0.746. The molecule has 0 radical (unpaired) electrons. The molecule has 7 heteroatoms. The van der Waals surface area contributed by atoms with Crippen LogP contribution in [0, 0.1) is 0 Å². The first-order chi connectivity index (χ1) is 8.03. The van der Waals surface area contributed by atoms with Gasteiger partial charge in [-0.15, -0.1) is 0 Å². The van der Waals surface area contributed by atoms with Crippen LogP contribution in [0.15, 0.2) is 12.2 Å². The Kier molecular flexibility index (Phi) is 6.51. The van der Waals surface area contributed by atoms with Gasteiger partial charge in [0.05, 0.1) is 5.75 Å². The minimum atomic E-state index is -3.92. The van der Waals surface area contributed by atoms with Gasteiger partial charge in [0.1, 0.15) is 6.61 Å². The van der Waals surface area contributed by atoms with Crippen molar-refractivity contribution >= 4 is 16.1 Å². The lowest BCUT2D eigenvalue weighted by Gasteiger charge is -2.25. The molecule has 0 spiro atoms. The van der Waals surface area contributed by atoms with E-state index in [4.69, 9.17) is 9.29 Å². The topological polar surface area (TPSA) is 92.7 Å². The molecule has 0 aliphatic heterocycles. The molecule has 0 rings (SSSR count). The van der Waals surface area contributed by atoms with Gasteiger partial charge in [0.15, 0.2) is 0 Å². The molecule has 0 unspecified atom stereocenters. The first-order valence-corrected chi connectivity index (χ1v) is 7.17. The van der Waals surface area contributed by atoms with Crippen molar-refractivity contribution in [2.75, 3.05) is 18.9 Å². The van der Waals surface area contributed by atoms with Crippen LogP contribution in [0.5, 0.6) is 0 Å². The number of hydrogen-bond donors (Lipinski definition) is 2. The summed E-state index contributed by atoms with van der Waals surface area (Å²) in [6.07, 6.45) is 0.288. The minimum absolute atomic E-state index is 0.157. The lowest BCUT2D eigenvalue weighted by molar-refractivity contribution is -0.140. The minimum Gasteiger partial charge on any atom is -0.460 e. The Labute approximate surface area is 108 Å². The second kappa shape index (κ2) is 6.86. The van der Waals surface area contributed by atoms with E-state index in [1.54, 1.807) is 6.92 Å². The number of carbonyl (C=O) groups excluding carboxylic acids is 1. The van der Waals surface area contributed by atoms with Gasteiger partial charge in [0.25, 0.3) is 10.1 Å². The lowest BCUT2D eigenvalue weighted by atomic mass is 10.1. The van der Waals surface area contributed by atoms with Crippen molar-refractivity contribution in [3.05, 3.63) is 12.2 Å². The van der Waals surface area contributed by atoms with Crippen molar-refractivity contribution in [1.82, 2.24) is 5.32 Å². The van der Waals surface area contributed by atoms with Crippen molar-refractivity contribution in [3.63, 3.8) is 0 Å². The predicted molar refractivity (Wildman–Crippen MR) is 68.9 cm³/mol. The summed E-state index contributed by atoms with van der Waals surface area (Å²) >= 11 is 0. The van der Waals surface area contributed by atoms with E-state index in [-0.39, 0.29) is 18.8 Å². The fourth-order valence-corrected chi connectivity index (χ4v) is 1.61. The molecule has 0 fully saturated rings. The maximum atomic E-state index is 11.2. The zero-order valence-corrected chi connectivity index (χ0v) is 11.8. The molecule has 0 amide bonds. The largest absolute Gasteiger partial charge is 0.460 e. The molecule has 0 aliphatic rings. The third-order valence-corrected chi connectivity index (χ3v) is 2.90. The van der Waals surface area contributed by atoms with Gasteiger partial charge in [-0.05, 0) is 33.7 Å². The van der Waals surface area contributed by atoms with Gasteiger partial charge in [0, 0.05) is 11.1 Å². The van der Waals surface area contributed by atoms with E-state index in [1.165, 1.54) is 0 Å². The van der Waals surface area contributed by atoms with E-state index in [2.05, 4.69) is 11.9 Å². The molecule has 0 aromatic heterocycles. The summed E-state index contributed by atoms with van der Waals surface area (Å²) in [7, 11) is -3.92. The molecule has 0 heterocycles. The number of nitrogens with one attached hydrogen (secondary N) is 1. The average molecular weight is 279 g/mol. The van der Waals surface area contributed by atoms with Crippen LogP contribution >= 0.6 is 0 Å². The molecule has 0 bridgehead atoms. The Hall–Kier alpha value is -0.920. The van der Waals surface area contributed by atoms with Gasteiger partial charge < -0.3 is 10.1 Å². The van der Waals surface area contributed by atoms with Crippen LogP contribution in [0.4, 0.5) is 0 Å². The van der Waals surface area contributed by atoms with Gasteiger partial charge >= 0.3 is 5.97 Å². The quantitative estimate of drug-likeness (QED) is 0.295. The third-order valence-electron chi connectivity index (χ3n) is 2.10. The van der Waals surface area contributed by atoms with E-state index in [0.29, 0.717) is 12.1 Å². The summed E-state index contributed by atoms with van der Waals surface area (Å²) in [5, 5.41) is 3.04. The van der Waals surface area contributed by atoms with Crippen molar-refractivity contribution in [3.8, 4) is 0 Å². The maximum absolute atomic E-state index is 11.2. The van der Waals surface area contributed by atoms with Gasteiger partial charge in [-0.25, -0.2) is 4.79 Å². The van der Waals surface area contributed by atoms with E-state index < -0.39 is 21.6 Å². The van der Waals surface area contributed by atoms with Crippen molar-refractivity contribution in [2.24, 2.45) is 0 Å². The number of carbonyl (C=O) groups is 1. The standard InChI is InChI=1S/C11H21NO5S/c1-9(2)10(13)17-8-11(3,4)12-6-5-7-18(14,15)16/h12H,1,5-8H2,2-4H3,(H,14,15,16). The van der Waals surface area contributed by atoms with E-state index >= 15 is 0 Å². The van der Waals surface area contributed by atoms with Gasteiger partial charge in [-0.1, -0.05) is 6.58 Å². The Morgan fingerprint density at radius 2 is 2.00 bits per heavy atom. The molecule has 0 saturated heterocycles. The maximum Gasteiger partial charge on any atom is 0.333 e. The molecule has 18 heavy (non-hydrogen) atoms. The SMILES string of the molecule is C=C(C)C(=O)OCC(C)(C)NCCCS(=O)(=O)O. The van der Waals surface area contributed by atoms with Crippen LogP contribution in [0.1, 0.15) is 27.2 Å².